The summed E-state index contributed by atoms with van der Waals surface area (Å²) in [6, 6.07) is 7.48. The summed E-state index contributed by atoms with van der Waals surface area (Å²) in [5, 5.41) is 0.397. The number of hydrogen-bond acceptors (Lipinski definition) is 4. The van der Waals surface area contributed by atoms with E-state index in [1.165, 1.54) is 13.1 Å². The zero-order valence-corrected chi connectivity index (χ0v) is 20.5. The number of alkyl halides is 6. The number of H-pyrrole nitrogens is 1. The molecule has 37 heavy (non-hydrogen) atoms. The molecule has 200 valence electrons. The number of aromatic nitrogens is 1. The number of benzene rings is 2. The Hall–Kier alpha value is -3.34. The van der Waals surface area contributed by atoms with Crippen molar-refractivity contribution >= 4 is 22.7 Å². The van der Waals surface area contributed by atoms with Gasteiger partial charge in [0.25, 0.3) is 0 Å². The van der Waals surface area contributed by atoms with Gasteiger partial charge in [-0.25, -0.2) is 0 Å². The summed E-state index contributed by atoms with van der Waals surface area (Å²) in [7, 11) is 0. The minimum Gasteiger partial charge on any atom is -0.459 e. The van der Waals surface area contributed by atoms with Gasteiger partial charge in [-0.2, -0.15) is 26.3 Å². The number of halogens is 6. The molecule has 0 saturated heterocycles. The van der Waals surface area contributed by atoms with E-state index < -0.39 is 64.3 Å². The molecule has 0 fully saturated rings. The summed E-state index contributed by atoms with van der Waals surface area (Å²) in [6.07, 6.45) is -9.67. The lowest BCUT2D eigenvalue weighted by Crippen LogP contribution is -2.43. The van der Waals surface area contributed by atoms with Crippen LogP contribution in [0.2, 0.25) is 0 Å². The maximum atomic E-state index is 13.6. The highest BCUT2D eigenvalue weighted by Crippen LogP contribution is 2.42. The van der Waals surface area contributed by atoms with Gasteiger partial charge in [-0.3, -0.25) is 9.59 Å². The van der Waals surface area contributed by atoms with Crippen LogP contribution in [0.15, 0.2) is 48.7 Å². The average molecular weight is 528 g/mol. The summed E-state index contributed by atoms with van der Waals surface area (Å²) in [5.74, 6) is -3.08. The number of carbonyl (C=O) groups is 2. The van der Waals surface area contributed by atoms with Gasteiger partial charge >= 0.3 is 18.3 Å². The minimum atomic E-state index is -5.12. The van der Waals surface area contributed by atoms with Gasteiger partial charge in [0.1, 0.15) is 17.3 Å². The van der Waals surface area contributed by atoms with Crippen LogP contribution in [0.25, 0.3) is 10.9 Å². The maximum absolute atomic E-state index is 13.6. The predicted molar refractivity (Wildman–Crippen MR) is 124 cm³/mol. The van der Waals surface area contributed by atoms with E-state index in [1.54, 1.807) is 45.0 Å². The molecule has 3 aromatic rings. The molecule has 0 bridgehead atoms. The molecule has 11 heteroatoms. The van der Waals surface area contributed by atoms with Crippen LogP contribution in [0, 0.1) is 5.92 Å². The highest BCUT2D eigenvalue weighted by atomic mass is 19.4. The third-order valence-electron chi connectivity index (χ3n) is 5.87. The monoisotopic (exact) mass is 528 g/mol. The van der Waals surface area contributed by atoms with E-state index in [9.17, 15) is 35.9 Å². The third-order valence-corrected chi connectivity index (χ3v) is 5.87. The number of esters is 1. The fourth-order valence-corrected chi connectivity index (χ4v) is 3.96. The van der Waals surface area contributed by atoms with Crippen molar-refractivity contribution in [3.05, 3.63) is 70.9 Å². The Labute approximate surface area is 209 Å². The van der Waals surface area contributed by atoms with Gasteiger partial charge in [0.05, 0.1) is 16.7 Å². The number of aromatic amines is 1. The number of hydrogen-bond donors (Lipinski definition) is 2. The minimum absolute atomic E-state index is 0.00963. The van der Waals surface area contributed by atoms with E-state index in [0.29, 0.717) is 23.0 Å². The second-order valence-corrected chi connectivity index (χ2v) is 9.91. The smallest absolute Gasteiger partial charge is 0.416 e. The number of ether oxygens (including phenoxy) is 1. The molecule has 1 aromatic heterocycles. The first-order valence-electron chi connectivity index (χ1n) is 11.2. The maximum Gasteiger partial charge on any atom is 0.416 e. The van der Waals surface area contributed by atoms with E-state index in [0.717, 1.165) is 0 Å². The van der Waals surface area contributed by atoms with Crippen LogP contribution < -0.4 is 5.73 Å². The van der Waals surface area contributed by atoms with Gasteiger partial charge < -0.3 is 15.5 Å². The number of Topliss-reactive ketones (excluding diaryl/α,β-unsaturated/α-hetero) is 1. The molecule has 0 amide bonds. The van der Waals surface area contributed by atoms with Crippen LogP contribution in [0.3, 0.4) is 0 Å². The quantitative estimate of drug-likeness (QED) is 0.222. The number of ketones is 1. The molecule has 2 unspecified atom stereocenters. The molecular weight excluding hydrogens is 502 g/mol. The molecule has 1 heterocycles. The predicted octanol–water partition coefficient (Wildman–Crippen LogP) is 6.34. The number of nitrogens with one attached hydrogen (secondary N) is 1. The molecular formula is C26H26F6N2O3. The Kier molecular flexibility index (Phi) is 7.26. The summed E-state index contributed by atoms with van der Waals surface area (Å²) in [4.78, 5) is 28.6. The first-order chi connectivity index (χ1) is 16.8. The van der Waals surface area contributed by atoms with Crippen molar-refractivity contribution in [2.75, 3.05) is 0 Å². The molecule has 0 radical (unpaired) electrons. The summed E-state index contributed by atoms with van der Waals surface area (Å²) in [6.45, 7) is 6.01. The Morgan fingerprint density at radius 1 is 0.919 bits per heavy atom. The zero-order valence-electron chi connectivity index (χ0n) is 20.5. The molecule has 0 aliphatic rings. The van der Waals surface area contributed by atoms with Crippen LogP contribution >= 0.6 is 0 Å². The van der Waals surface area contributed by atoms with Crippen molar-refractivity contribution in [2.24, 2.45) is 11.7 Å². The highest BCUT2D eigenvalue weighted by molar-refractivity contribution is 6.00. The molecule has 3 N–H and O–H groups in total. The van der Waals surface area contributed by atoms with E-state index in [-0.39, 0.29) is 11.6 Å². The second-order valence-electron chi connectivity index (χ2n) is 9.91. The lowest BCUT2D eigenvalue weighted by Gasteiger charge is -2.32. The molecule has 0 spiro atoms. The first kappa shape index (κ1) is 28.2. The normalized spacial score (nSPS) is 15.3. The van der Waals surface area contributed by atoms with Gasteiger partial charge in [0.15, 0.2) is 0 Å². The Morgan fingerprint density at radius 2 is 1.43 bits per heavy atom. The van der Waals surface area contributed by atoms with Gasteiger partial charge in [-0.05, 0) is 57.5 Å². The van der Waals surface area contributed by atoms with Crippen molar-refractivity contribution in [3.8, 4) is 0 Å². The number of para-hydroxylation sites is 1. The Morgan fingerprint density at radius 3 is 1.95 bits per heavy atom. The highest BCUT2D eigenvalue weighted by Gasteiger charge is 2.43. The van der Waals surface area contributed by atoms with Crippen LogP contribution in [0.1, 0.15) is 56.4 Å². The van der Waals surface area contributed by atoms with E-state index in [2.05, 4.69) is 4.98 Å². The molecule has 2 aromatic carbocycles. The number of rotatable bonds is 6. The van der Waals surface area contributed by atoms with Gasteiger partial charge in [-0.15, -0.1) is 0 Å². The third kappa shape index (κ3) is 6.15. The summed E-state index contributed by atoms with van der Waals surface area (Å²) < 4.78 is 87.0. The fourth-order valence-electron chi connectivity index (χ4n) is 3.96. The number of carbonyl (C=O) groups excluding carboxylic acids is 2. The fraction of sp³-hybridized carbons (Fsp3) is 0.385. The van der Waals surface area contributed by atoms with Gasteiger partial charge in [0, 0.05) is 29.1 Å². The largest absolute Gasteiger partial charge is 0.459 e. The van der Waals surface area contributed by atoms with E-state index >= 15 is 0 Å². The molecule has 5 nitrogen and oxygen atoms in total. The second kappa shape index (κ2) is 9.51. The molecule has 3 rings (SSSR count). The SMILES string of the molecule is CC(C(=O)CC(N)(c1cc(C(F)(F)F)cc(C(F)(F)F)c1)c1c[nH]c2ccccc12)C(=O)OC(C)(C)C. The lowest BCUT2D eigenvalue weighted by molar-refractivity contribution is -0.161. The zero-order chi connectivity index (χ0) is 28.0. The van der Waals surface area contributed by atoms with E-state index in [1.807, 2.05) is 0 Å². The topological polar surface area (TPSA) is 85.2 Å². The van der Waals surface area contributed by atoms with Crippen LogP contribution in [0.4, 0.5) is 26.3 Å². The summed E-state index contributed by atoms with van der Waals surface area (Å²) >= 11 is 0. The van der Waals surface area contributed by atoms with E-state index in [4.69, 9.17) is 10.5 Å². The van der Waals surface area contributed by atoms with Crippen molar-refractivity contribution < 1.29 is 40.7 Å². The number of fused-ring (bicyclic) bond motifs is 1. The summed E-state index contributed by atoms with van der Waals surface area (Å²) in [5.41, 5.74) is 0.411. The standard InChI is InChI=1S/C26H26F6N2O3/c1-14(22(36)37-23(2,3)4)21(35)12-24(33,19-13-34-20-8-6-5-7-18(19)20)15-9-16(25(27,28)29)11-17(10-15)26(30,31)32/h5-11,13-14,34H,12,33H2,1-4H3. The first-order valence-corrected chi connectivity index (χ1v) is 11.2. The Balaban J connectivity index is 2.23. The van der Waals surface area contributed by atoms with Crippen molar-refractivity contribution in [1.82, 2.24) is 4.98 Å². The number of nitrogens with two attached hydrogens (primary N) is 1. The van der Waals surface area contributed by atoms with Crippen molar-refractivity contribution in [1.29, 1.82) is 0 Å². The molecule has 0 aliphatic heterocycles. The van der Waals surface area contributed by atoms with Crippen LogP contribution in [-0.2, 0) is 32.2 Å². The van der Waals surface area contributed by atoms with Gasteiger partial charge in [0.2, 0.25) is 0 Å². The van der Waals surface area contributed by atoms with Crippen LogP contribution in [0.5, 0.6) is 0 Å². The Bertz CT molecular complexity index is 1290. The average Bonchev–Trinajstić information content (AvgIpc) is 3.20. The van der Waals surface area contributed by atoms with Crippen LogP contribution in [-0.4, -0.2) is 22.3 Å². The molecule has 2 atom stereocenters. The molecule has 0 saturated carbocycles. The van der Waals surface area contributed by atoms with Crippen molar-refractivity contribution in [3.63, 3.8) is 0 Å². The van der Waals surface area contributed by atoms with Gasteiger partial charge in [-0.1, -0.05) is 18.2 Å². The molecule has 0 aliphatic carbocycles. The lowest BCUT2D eigenvalue weighted by atomic mass is 9.77. The van der Waals surface area contributed by atoms with Crippen molar-refractivity contribution in [2.45, 2.75) is 57.6 Å².